The maximum atomic E-state index is 12.8. The van der Waals surface area contributed by atoms with Crippen LogP contribution in [-0.4, -0.2) is 22.5 Å². The van der Waals surface area contributed by atoms with Gasteiger partial charge < -0.3 is 9.42 Å². The molecule has 2 aromatic rings. The topological polar surface area (TPSA) is 46.3 Å². The van der Waals surface area contributed by atoms with Crippen LogP contribution in [0.3, 0.4) is 0 Å². The smallest absolute Gasteiger partial charge is 0.276 e. The molecule has 0 aliphatic heterocycles. The minimum atomic E-state index is -0.0227. The Balaban J connectivity index is 1.82. The van der Waals surface area contributed by atoms with Gasteiger partial charge in [-0.1, -0.05) is 42.4 Å². The zero-order valence-corrected chi connectivity index (χ0v) is 13.2. The van der Waals surface area contributed by atoms with E-state index in [1.165, 1.54) is 0 Å². The van der Waals surface area contributed by atoms with Crippen molar-refractivity contribution in [3.63, 3.8) is 0 Å². The van der Waals surface area contributed by atoms with Crippen LogP contribution in [-0.2, 0) is 19.4 Å². The van der Waals surface area contributed by atoms with Crippen LogP contribution in [0, 0.1) is 5.92 Å². The number of aryl methyl sites for hydroxylation is 1. The van der Waals surface area contributed by atoms with Crippen LogP contribution in [0.1, 0.15) is 47.6 Å². The molecule has 116 valence electrons. The summed E-state index contributed by atoms with van der Waals surface area (Å²) in [6, 6.07) is 10.0. The summed E-state index contributed by atoms with van der Waals surface area (Å²) in [5.41, 5.74) is 2.66. The molecule has 1 heterocycles. The van der Waals surface area contributed by atoms with Gasteiger partial charge in [0.1, 0.15) is 5.76 Å². The van der Waals surface area contributed by atoms with Gasteiger partial charge in [0, 0.05) is 25.1 Å². The van der Waals surface area contributed by atoms with Crippen LogP contribution in [0.15, 0.2) is 34.9 Å². The van der Waals surface area contributed by atoms with Gasteiger partial charge in [-0.3, -0.25) is 4.79 Å². The molecular weight excluding hydrogens is 276 g/mol. The van der Waals surface area contributed by atoms with Crippen LogP contribution in [0.25, 0.3) is 0 Å². The van der Waals surface area contributed by atoms with Gasteiger partial charge in [0.2, 0.25) is 0 Å². The molecule has 1 aromatic carbocycles. The van der Waals surface area contributed by atoms with Gasteiger partial charge in [-0.15, -0.1) is 0 Å². The number of aromatic nitrogens is 1. The summed E-state index contributed by atoms with van der Waals surface area (Å²) in [5, 5.41) is 4.08. The van der Waals surface area contributed by atoms with E-state index in [1.807, 2.05) is 42.2 Å². The highest BCUT2D eigenvalue weighted by Crippen LogP contribution is 2.28. The van der Waals surface area contributed by atoms with E-state index in [4.69, 9.17) is 4.52 Å². The standard InChI is InChI=1S/C18H22N2O2/c1-3-20(12-14-7-5-4-6-8-14)18(21)17-15-11-13(2)9-10-16(15)22-19-17/h4-8,13H,3,9-12H2,1-2H3/t13-/m1/s1. The highest BCUT2D eigenvalue weighted by molar-refractivity contribution is 5.93. The fourth-order valence-electron chi connectivity index (χ4n) is 3.03. The molecule has 3 rings (SSSR count). The van der Waals surface area contributed by atoms with Crippen LogP contribution in [0.4, 0.5) is 0 Å². The Morgan fingerprint density at radius 2 is 2.14 bits per heavy atom. The first-order chi connectivity index (χ1) is 10.7. The predicted molar refractivity (Wildman–Crippen MR) is 84.5 cm³/mol. The lowest BCUT2D eigenvalue weighted by molar-refractivity contribution is 0.0741. The summed E-state index contributed by atoms with van der Waals surface area (Å²) in [4.78, 5) is 14.6. The first-order valence-electron chi connectivity index (χ1n) is 7.99. The normalized spacial score (nSPS) is 17.1. The monoisotopic (exact) mass is 298 g/mol. The summed E-state index contributed by atoms with van der Waals surface area (Å²) in [6.07, 6.45) is 2.89. The fourth-order valence-corrected chi connectivity index (χ4v) is 3.03. The highest BCUT2D eigenvalue weighted by Gasteiger charge is 2.29. The van der Waals surface area contributed by atoms with Crippen molar-refractivity contribution in [3.05, 3.63) is 52.9 Å². The van der Waals surface area contributed by atoms with Crippen molar-refractivity contribution in [2.24, 2.45) is 5.92 Å². The van der Waals surface area contributed by atoms with Crippen molar-refractivity contribution >= 4 is 5.91 Å². The molecule has 0 radical (unpaired) electrons. The first-order valence-corrected chi connectivity index (χ1v) is 7.99. The molecule has 0 saturated heterocycles. The predicted octanol–water partition coefficient (Wildman–Crippen LogP) is 3.46. The summed E-state index contributed by atoms with van der Waals surface area (Å²) in [6.45, 7) is 5.47. The molecule has 4 nitrogen and oxygen atoms in total. The third-order valence-electron chi connectivity index (χ3n) is 4.37. The lowest BCUT2D eigenvalue weighted by atomic mass is 9.88. The van der Waals surface area contributed by atoms with Crippen LogP contribution in [0.5, 0.6) is 0 Å². The Hall–Kier alpha value is -2.10. The van der Waals surface area contributed by atoms with Gasteiger partial charge in [-0.2, -0.15) is 0 Å². The minimum absolute atomic E-state index is 0.0227. The van der Waals surface area contributed by atoms with E-state index in [2.05, 4.69) is 12.1 Å². The molecule has 1 atom stereocenters. The van der Waals surface area contributed by atoms with Gasteiger partial charge in [0.15, 0.2) is 5.69 Å². The Bertz CT molecular complexity index is 648. The molecule has 4 heteroatoms. The average Bonchev–Trinajstić information content (AvgIpc) is 2.96. The van der Waals surface area contributed by atoms with E-state index in [1.54, 1.807) is 0 Å². The molecule has 1 aromatic heterocycles. The Kier molecular flexibility index (Phi) is 4.27. The molecule has 0 saturated carbocycles. The zero-order valence-electron chi connectivity index (χ0n) is 13.2. The lowest BCUT2D eigenvalue weighted by Gasteiger charge is -2.21. The van der Waals surface area contributed by atoms with Gasteiger partial charge in [0.25, 0.3) is 5.91 Å². The van der Waals surface area contributed by atoms with E-state index < -0.39 is 0 Å². The number of nitrogens with zero attached hydrogens (tertiary/aromatic N) is 2. The molecule has 0 N–H and O–H groups in total. The van der Waals surface area contributed by atoms with Crippen molar-refractivity contribution in [1.29, 1.82) is 0 Å². The molecule has 0 spiro atoms. The van der Waals surface area contributed by atoms with Crippen molar-refractivity contribution < 1.29 is 9.32 Å². The van der Waals surface area contributed by atoms with Crippen LogP contribution in [0.2, 0.25) is 0 Å². The molecule has 0 bridgehead atoms. The second-order valence-corrected chi connectivity index (χ2v) is 6.09. The summed E-state index contributed by atoms with van der Waals surface area (Å²) >= 11 is 0. The number of hydrogen-bond acceptors (Lipinski definition) is 3. The van der Waals surface area contributed by atoms with Crippen LogP contribution >= 0.6 is 0 Å². The van der Waals surface area contributed by atoms with E-state index in [0.717, 1.165) is 36.1 Å². The molecule has 0 fully saturated rings. The average molecular weight is 298 g/mol. The number of carbonyl (C=O) groups excluding carboxylic acids is 1. The number of benzene rings is 1. The lowest BCUT2D eigenvalue weighted by Crippen LogP contribution is -2.31. The fraction of sp³-hybridized carbons (Fsp3) is 0.444. The highest BCUT2D eigenvalue weighted by atomic mass is 16.5. The second kappa shape index (κ2) is 6.34. The van der Waals surface area contributed by atoms with Gasteiger partial charge in [-0.05, 0) is 31.2 Å². The van der Waals surface area contributed by atoms with E-state index in [0.29, 0.717) is 24.7 Å². The Labute approximate surface area is 131 Å². The number of amides is 1. The zero-order chi connectivity index (χ0) is 15.5. The van der Waals surface area contributed by atoms with Gasteiger partial charge in [-0.25, -0.2) is 0 Å². The van der Waals surface area contributed by atoms with Crippen molar-refractivity contribution in [1.82, 2.24) is 10.1 Å². The number of hydrogen-bond donors (Lipinski definition) is 0. The summed E-state index contributed by atoms with van der Waals surface area (Å²) in [5.74, 6) is 1.46. The number of fused-ring (bicyclic) bond motifs is 1. The molecular formula is C18H22N2O2. The molecule has 1 aliphatic carbocycles. The molecule has 0 unspecified atom stereocenters. The SMILES string of the molecule is CCN(Cc1ccccc1)C(=O)c1noc2c1C[C@H](C)CC2. The first kappa shape index (κ1) is 14.8. The Morgan fingerprint density at radius 1 is 1.36 bits per heavy atom. The third kappa shape index (κ3) is 2.91. The van der Waals surface area contributed by atoms with Crippen molar-refractivity contribution in [2.75, 3.05) is 6.54 Å². The van der Waals surface area contributed by atoms with Crippen LogP contribution < -0.4 is 0 Å². The van der Waals surface area contributed by atoms with Crippen molar-refractivity contribution in [3.8, 4) is 0 Å². The van der Waals surface area contributed by atoms with E-state index in [9.17, 15) is 4.79 Å². The molecule has 22 heavy (non-hydrogen) atoms. The van der Waals surface area contributed by atoms with Gasteiger partial charge in [0.05, 0.1) is 0 Å². The maximum Gasteiger partial charge on any atom is 0.276 e. The van der Waals surface area contributed by atoms with E-state index >= 15 is 0 Å². The summed E-state index contributed by atoms with van der Waals surface area (Å²) < 4.78 is 5.40. The van der Waals surface area contributed by atoms with Crippen molar-refractivity contribution in [2.45, 2.75) is 39.7 Å². The third-order valence-corrected chi connectivity index (χ3v) is 4.37. The quantitative estimate of drug-likeness (QED) is 0.868. The van der Waals surface area contributed by atoms with E-state index in [-0.39, 0.29) is 5.91 Å². The minimum Gasteiger partial charge on any atom is -0.360 e. The molecule has 1 amide bonds. The number of rotatable bonds is 4. The largest absolute Gasteiger partial charge is 0.360 e. The van der Waals surface area contributed by atoms with Gasteiger partial charge >= 0.3 is 0 Å². The Morgan fingerprint density at radius 3 is 2.86 bits per heavy atom. The maximum absolute atomic E-state index is 12.8. The molecule has 1 aliphatic rings. The second-order valence-electron chi connectivity index (χ2n) is 6.09. The number of carbonyl (C=O) groups is 1. The summed E-state index contributed by atoms with van der Waals surface area (Å²) in [7, 11) is 0.